The highest BCUT2D eigenvalue weighted by molar-refractivity contribution is 5.91. The Morgan fingerprint density at radius 2 is 2.36 bits per heavy atom. The fourth-order valence-electron chi connectivity index (χ4n) is 3.92. The number of nitriles is 1. The summed E-state index contributed by atoms with van der Waals surface area (Å²) in [5.74, 6) is 0.239. The molecule has 0 aromatic carbocycles. The van der Waals surface area contributed by atoms with Crippen LogP contribution in [0.15, 0.2) is 30.2 Å². The number of hydrogen-bond donors (Lipinski definition) is 4. The van der Waals surface area contributed by atoms with Gasteiger partial charge in [0.1, 0.15) is 6.17 Å². The highest BCUT2D eigenvalue weighted by Gasteiger charge is 2.33. The third kappa shape index (κ3) is 2.87. The number of nitrogens with one attached hydrogen (secondary N) is 3. The van der Waals surface area contributed by atoms with Gasteiger partial charge < -0.3 is 21.1 Å². The number of aliphatic hydroxyl groups excluding tert-OH is 1. The van der Waals surface area contributed by atoms with Crippen LogP contribution in [0.25, 0.3) is 5.70 Å². The van der Waals surface area contributed by atoms with Crippen LogP contribution < -0.4 is 16.0 Å². The number of carbonyl (C=O) groups is 1. The zero-order valence-corrected chi connectivity index (χ0v) is 13.6. The summed E-state index contributed by atoms with van der Waals surface area (Å²) in [5, 5.41) is 32.2. The largest absolute Gasteiger partial charge is 0.393 e. The van der Waals surface area contributed by atoms with Crippen molar-refractivity contribution in [1.29, 1.82) is 5.26 Å². The van der Waals surface area contributed by atoms with E-state index in [-0.39, 0.29) is 30.3 Å². The molecule has 8 nitrogen and oxygen atoms in total. The fraction of sp³-hybridized carbons (Fsp3) is 0.471. The van der Waals surface area contributed by atoms with Gasteiger partial charge in [0.15, 0.2) is 0 Å². The summed E-state index contributed by atoms with van der Waals surface area (Å²) in [5.41, 5.74) is 2.49. The first-order valence-electron chi connectivity index (χ1n) is 8.49. The lowest BCUT2D eigenvalue weighted by Crippen LogP contribution is -2.51. The van der Waals surface area contributed by atoms with Gasteiger partial charge in [0, 0.05) is 17.3 Å². The van der Waals surface area contributed by atoms with Crippen molar-refractivity contribution in [1.82, 2.24) is 25.7 Å². The summed E-state index contributed by atoms with van der Waals surface area (Å²) in [7, 11) is 0. The van der Waals surface area contributed by atoms with Gasteiger partial charge in [0.2, 0.25) is 0 Å². The first-order valence-corrected chi connectivity index (χ1v) is 8.49. The maximum Gasteiger partial charge on any atom is 0.321 e. The lowest BCUT2D eigenvalue weighted by Gasteiger charge is -2.25. The molecule has 4 unspecified atom stereocenters. The van der Waals surface area contributed by atoms with Crippen LogP contribution in [0.4, 0.5) is 4.79 Å². The van der Waals surface area contributed by atoms with E-state index in [0.29, 0.717) is 12.8 Å². The Balaban J connectivity index is 1.64. The van der Waals surface area contributed by atoms with Gasteiger partial charge in [-0.25, -0.2) is 4.79 Å². The molecule has 1 saturated carbocycles. The molecular formula is C17H20N6O2. The number of nitrogens with zero attached hydrogens (tertiary/aromatic N) is 3. The summed E-state index contributed by atoms with van der Waals surface area (Å²) in [6.45, 7) is 0. The van der Waals surface area contributed by atoms with Crippen molar-refractivity contribution in [3.8, 4) is 6.07 Å². The zero-order chi connectivity index (χ0) is 17.4. The molecule has 8 heteroatoms. The van der Waals surface area contributed by atoms with Crippen molar-refractivity contribution >= 4 is 11.7 Å². The third-order valence-electron chi connectivity index (χ3n) is 5.16. The van der Waals surface area contributed by atoms with Crippen LogP contribution in [0.3, 0.4) is 0 Å². The molecule has 1 fully saturated rings. The molecule has 2 amide bonds. The monoisotopic (exact) mass is 340 g/mol. The van der Waals surface area contributed by atoms with Gasteiger partial charge in [-0.3, -0.25) is 4.68 Å². The Labute approximate surface area is 145 Å². The predicted octanol–water partition coefficient (Wildman–Crippen LogP) is 0.966. The Hall–Kier alpha value is -2.79. The van der Waals surface area contributed by atoms with Gasteiger partial charge >= 0.3 is 6.03 Å². The summed E-state index contributed by atoms with van der Waals surface area (Å²) in [4.78, 5) is 11.9. The molecule has 3 heterocycles. The van der Waals surface area contributed by atoms with Crippen LogP contribution in [0.2, 0.25) is 0 Å². The molecule has 0 spiro atoms. The molecule has 4 atom stereocenters. The summed E-state index contributed by atoms with van der Waals surface area (Å²) in [6.07, 6.45) is 9.52. The second-order valence-corrected chi connectivity index (χ2v) is 6.73. The molecule has 0 bridgehead atoms. The molecule has 25 heavy (non-hydrogen) atoms. The number of urea groups is 1. The Morgan fingerprint density at radius 1 is 1.48 bits per heavy atom. The van der Waals surface area contributed by atoms with Gasteiger partial charge in [-0.1, -0.05) is 0 Å². The number of aromatic nitrogens is 2. The van der Waals surface area contributed by atoms with Gasteiger partial charge in [0.25, 0.3) is 0 Å². The summed E-state index contributed by atoms with van der Waals surface area (Å²) < 4.78 is 1.81. The molecule has 1 aromatic rings. The van der Waals surface area contributed by atoms with Crippen LogP contribution in [-0.4, -0.2) is 33.2 Å². The molecule has 4 N–H and O–H groups in total. The summed E-state index contributed by atoms with van der Waals surface area (Å²) in [6, 6.07) is 1.91. The average Bonchev–Trinajstić information content (AvgIpc) is 3.32. The Morgan fingerprint density at radius 3 is 3.12 bits per heavy atom. The average molecular weight is 340 g/mol. The van der Waals surface area contributed by atoms with Crippen LogP contribution >= 0.6 is 0 Å². The van der Waals surface area contributed by atoms with Gasteiger partial charge in [-0.05, 0) is 37.5 Å². The first-order chi connectivity index (χ1) is 12.2. The van der Waals surface area contributed by atoms with E-state index in [1.54, 1.807) is 12.4 Å². The number of amides is 2. The van der Waals surface area contributed by atoms with E-state index in [1.807, 2.05) is 17.0 Å². The van der Waals surface area contributed by atoms with E-state index in [1.165, 1.54) is 0 Å². The molecule has 130 valence electrons. The highest BCUT2D eigenvalue weighted by Crippen LogP contribution is 2.36. The van der Waals surface area contributed by atoms with E-state index in [0.717, 1.165) is 29.7 Å². The van der Waals surface area contributed by atoms with Crippen molar-refractivity contribution in [2.45, 2.75) is 44.0 Å². The van der Waals surface area contributed by atoms with Crippen molar-refractivity contribution in [3.63, 3.8) is 0 Å². The van der Waals surface area contributed by atoms with Gasteiger partial charge in [-0.15, -0.1) is 0 Å². The standard InChI is InChI=1S/C17H20N6O2/c18-5-3-14(10-1-2-12(24)7-10)23-9-11(8-20-23)15-13-4-6-19-16(13)22-17(25)21-15/h4,6,8-10,12,14,16,19,24H,1-3,7H2,(H2,21,22,25). The molecule has 0 radical (unpaired) electrons. The number of rotatable bonds is 4. The molecule has 1 aliphatic carbocycles. The Kier molecular flexibility index (Phi) is 3.93. The molecule has 2 aliphatic heterocycles. The SMILES string of the molecule is N#CCC(C1CCC(O)C1)n1cc(C2=C3C=CNC3NC(=O)N2)cn1. The lowest BCUT2D eigenvalue weighted by atomic mass is 9.96. The topological polar surface area (TPSA) is 115 Å². The minimum Gasteiger partial charge on any atom is -0.393 e. The third-order valence-corrected chi connectivity index (χ3v) is 5.16. The van der Waals surface area contributed by atoms with Crippen molar-refractivity contribution in [2.24, 2.45) is 5.92 Å². The fourth-order valence-corrected chi connectivity index (χ4v) is 3.92. The maximum absolute atomic E-state index is 11.9. The number of carbonyl (C=O) groups excluding carboxylic acids is 1. The number of aliphatic hydroxyl groups is 1. The van der Waals surface area contributed by atoms with Crippen molar-refractivity contribution in [3.05, 3.63) is 35.8 Å². The minimum absolute atomic E-state index is 0.0630. The second kappa shape index (κ2) is 6.26. The Bertz CT molecular complexity index is 789. The van der Waals surface area contributed by atoms with E-state index in [4.69, 9.17) is 0 Å². The zero-order valence-electron chi connectivity index (χ0n) is 13.6. The number of hydrogen-bond acceptors (Lipinski definition) is 5. The van der Waals surface area contributed by atoms with Crippen LogP contribution in [0, 0.1) is 17.2 Å². The van der Waals surface area contributed by atoms with Crippen molar-refractivity contribution < 1.29 is 9.90 Å². The molecular weight excluding hydrogens is 320 g/mol. The first kappa shape index (κ1) is 15.7. The van der Waals surface area contributed by atoms with Gasteiger partial charge in [0.05, 0.1) is 36.5 Å². The lowest BCUT2D eigenvalue weighted by molar-refractivity contribution is 0.170. The quantitative estimate of drug-likeness (QED) is 0.652. The predicted molar refractivity (Wildman–Crippen MR) is 89.5 cm³/mol. The number of fused-ring (bicyclic) bond motifs is 1. The normalized spacial score (nSPS) is 28.8. The molecule has 4 rings (SSSR count). The van der Waals surface area contributed by atoms with Crippen LogP contribution in [0.1, 0.15) is 37.3 Å². The van der Waals surface area contributed by atoms with Gasteiger partial charge in [-0.2, -0.15) is 10.4 Å². The van der Waals surface area contributed by atoms with E-state index >= 15 is 0 Å². The van der Waals surface area contributed by atoms with E-state index < -0.39 is 0 Å². The van der Waals surface area contributed by atoms with Crippen LogP contribution in [0.5, 0.6) is 0 Å². The highest BCUT2D eigenvalue weighted by atomic mass is 16.3. The van der Waals surface area contributed by atoms with E-state index in [9.17, 15) is 15.2 Å². The van der Waals surface area contributed by atoms with E-state index in [2.05, 4.69) is 27.1 Å². The summed E-state index contributed by atoms with van der Waals surface area (Å²) >= 11 is 0. The maximum atomic E-state index is 11.9. The molecule has 1 aromatic heterocycles. The van der Waals surface area contributed by atoms with Crippen molar-refractivity contribution in [2.75, 3.05) is 0 Å². The molecule has 0 saturated heterocycles. The smallest absolute Gasteiger partial charge is 0.321 e. The van der Waals surface area contributed by atoms with Crippen LogP contribution in [-0.2, 0) is 0 Å². The minimum atomic E-state index is -0.287. The molecule has 3 aliphatic rings. The second-order valence-electron chi connectivity index (χ2n) is 6.73.